The molecular formula is C26H33F2NO5S. The van der Waals surface area contributed by atoms with Gasteiger partial charge in [0.1, 0.15) is 22.5 Å². The first-order chi connectivity index (χ1) is 16.8. The number of aliphatic hydroxyl groups excluding tert-OH is 1. The molecule has 2 fully saturated rings. The summed E-state index contributed by atoms with van der Waals surface area (Å²) in [6.45, 7) is 2.42. The molecule has 35 heavy (non-hydrogen) atoms. The number of aliphatic hydroxyl groups is 1. The average Bonchev–Trinajstić information content (AvgIpc) is 2.84. The van der Waals surface area contributed by atoms with Crippen molar-refractivity contribution in [3.05, 3.63) is 70.8 Å². The zero-order valence-corrected chi connectivity index (χ0v) is 20.8. The fourth-order valence-electron chi connectivity index (χ4n) is 5.10. The number of nitrogens with zero attached hydrogens (tertiary/aromatic N) is 1. The molecule has 0 aliphatic carbocycles. The summed E-state index contributed by atoms with van der Waals surface area (Å²) in [5.41, 5.74) is -0.239. The maximum Gasteiger partial charge on any atom is 0.221 e. The molecule has 2 heterocycles. The number of ether oxygens (including phenoxy) is 2. The summed E-state index contributed by atoms with van der Waals surface area (Å²) in [5.74, 6) is -1.30. The van der Waals surface area contributed by atoms with Crippen molar-refractivity contribution in [2.45, 2.75) is 62.5 Å². The summed E-state index contributed by atoms with van der Waals surface area (Å²) in [6.07, 6.45) is 2.23. The van der Waals surface area contributed by atoms with Gasteiger partial charge in [0.2, 0.25) is 10.0 Å². The van der Waals surface area contributed by atoms with Crippen LogP contribution in [0.1, 0.15) is 61.0 Å². The normalized spacial score (nSPS) is 24.3. The first-order valence-corrected chi connectivity index (χ1v) is 13.7. The van der Waals surface area contributed by atoms with Crippen LogP contribution in [0.2, 0.25) is 0 Å². The third kappa shape index (κ3) is 5.44. The Kier molecular flexibility index (Phi) is 8.23. The van der Waals surface area contributed by atoms with Gasteiger partial charge in [-0.15, -0.1) is 0 Å². The van der Waals surface area contributed by atoms with Gasteiger partial charge in [-0.2, -0.15) is 4.31 Å². The second kappa shape index (κ2) is 11.0. The summed E-state index contributed by atoms with van der Waals surface area (Å²) in [6, 6.07) is 10.9. The van der Waals surface area contributed by atoms with E-state index in [1.807, 2.05) is 6.07 Å². The number of hydrogen-bond donors (Lipinski definition) is 1. The fourth-order valence-corrected chi connectivity index (χ4v) is 7.29. The van der Waals surface area contributed by atoms with Gasteiger partial charge in [-0.05, 0) is 43.9 Å². The van der Waals surface area contributed by atoms with Crippen LogP contribution in [0.15, 0.2) is 42.5 Å². The van der Waals surface area contributed by atoms with E-state index in [1.54, 1.807) is 31.2 Å². The van der Waals surface area contributed by atoms with Crippen LogP contribution in [0.25, 0.3) is 0 Å². The first-order valence-electron chi connectivity index (χ1n) is 12.1. The van der Waals surface area contributed by atoms with E-state index >= 15 is 8.78 Å². The van der Waals surface area contributed by atoms with E-state index in [0.29, 0.717) is 50.9 Å². The monoisotopic (exact) mass is 509 g/mol. The summed E-state index contributed by atoms with van der Waals surface area (Å²) >= 11 is 0. The van der Waals surface area contributed by atoms with Gasteiger partial charge in [-0.25, -0.2) is 17.2 Å². The Morgan fingerprint density at radius 2 is 1.83 bits per heavy atom. The van der Waals surface area contributed by atoms with Crippen molar-refractivity contribution in [3.8, 4) is 0 Å². The van der Waals surface area contributed by atoms with Crippen molar-refractivity contribution in [2.24, 2.45) is 0 Å². The minimum atomic E-state index is -3.77. The van der Waals surface area contributed by atoms with Crippen LogP contribution in [-0.4, -0.2) is 50.3 Å². The van der Waals surface area contributed by atoms with E-state index in [0.717, 1.165) is 12.1 Å². The summed E-state index contributed by atoms with van der Waals surface area (Å²) in [7, 11) is -3.77. The molecule has 0 amide bonds. The molecule has 0 aromatic heterocycles. The Labute approximate surface area is 205 Å². The van der Waals surface area contributed by atoms with Crippen molar-refractivity contribution >= 4 is 10.0 Å². The van der Waals surface area contributed by atoms with Crippen molar-refractivity contribution < 1.29 is 31.8 Å². The third-order valence-corrected chi connectivity index (χ3v) is 9.50. The van der Waals surface area contributed by atoms with E-state index in [9.17, 15) is 8.42 Å². The maximum absolute atomic E-state index is 15.4. The molecule has 9 heteroatoms. The summed E-state index contributed by atoms with van der Waals surface area (Å²) < 4.78 is 70.5. The highest BCUT2D eigenvalue weighted by molar-refractivity contribution is 7.89. The quantitative estimate of drug-likeness (QED) is 0.533. The zero-order chi connectivity index (χ0) is 25.1. The Balaban J connectivity index is 1.63. The zero-order valence-electron chi connectivity index (χ0n) is 20.0. The predicted molar refractivity (Wildman–Crippen MR) is 128 cm³/mol. The molecule has 0 saturated carbocycles. The van der Waals surface area contributed by atoms with Crippen molar-refractivity contribution in [3.63, 3.8) is 0 Å². The molecule has 1 N–H and O–H groups in total. The molecule has 4 rings (SSSR count). The van der Waals surface area contributed by atoms with Crippen LogP contribution in [-0.2, 0) is 31.6 Å². The Morgan fingerprint density at radius 1 is 1.11 bits per heavy atom. The molecule has 2 atom stereocenters. The van der Waals surface area contributed by atoms with E-state index in [4.69, 9.17) is 14.6 Å². The molecule has 192 valence electrons. The second-order valence-corrected chi connectivity index (χ2v) is 11.4. The number of sulfonamides is 1. The van der Waals surface area contributed by atoms with E-state index in [-0.39, 0.29) is 36.9 Å². The number of hydrogen-bond acceptors (Lipinski definition) is 5. The SMILES string of the molecule is CC1CCC(c2ccccc2)S(=O)(=O)N1Cc1cc(F)c(C2(OCCCO)CCOCC2)cc1F. The minimum absolute atomic E-state index is 0.00652. The van der Waals surface area contributed by atoms with E-state index < -0.39 is 32.5 Å². The summed E-state index contributed by atoms with van der Waals surface area (Å²) in [5, 5.41) is 8.39. The van der Waals surface area contributed by atoms with E-state index in [1.165, 1.54) is 4.31 Å². The Bertz CT molecular complexity index is 1110. The number of benzene rings is 2. The number of rotatable bonds is 8. The van der Waals surface area contributed by atoms with Gasteiger partial charge >= 0.3 is 0 Å². The van der Waals surface area contributed by atoms with Gasteiger partial charge in [0.05, 0.1) is 0 Å². The highest BCUT2D eigenvalue weighted by Crippen LogP contribution is 2.41. The van der Waals surface area contributed by atoms with Crippen LogP contribution < -0.4 is 0 Å². The van der Waals surface area contributed by atoms with Gasteiger partial charge in [0, 0.05) is 63.0 Å². The minimum Gasteiger partial charge on any atom is -0.396 e. The molecule has 0 spiro atoms. The molecule has 6 nitrogen and oxygen atoms in total. The smallest absolute Gasteiger partial charge is 0.221 e. The molecule has 0 bridgehead atoms. The Morgan fingerprint density at radius 3 is 2.51 bits per heavy atom. The van der Waals surface area contributed by atoms with E-state index in [2.05, 4.69) is 0 Å². The van der Waals surface area contributed by atoms with Crippen molar-refractivity contribution in [1.82, 2.24) is 4.31 Å². The molecule has 2 unspecified atom stereocenters. The lowest BCUT2D eigenvalue weighted by Gasteiger charge is -2.39. The Hall–Kier alpha value is -1.91. The van der Waals surface area contributed by atoms with Gasteiger partial charge in [0.15, 0.2) is 0 Å². The van der Waals surface area contributed by atoms with Crippen LogP contribution in [0.4, 0.5) is 8.78 Å². The van der Waals surface area contributed by atoms with Gasteiger partial charge in [0.25, 0.3) is 0 Å². The molecule has 0 radical (unpaired) electrons. The highest BCUT2D eigenvalue weighted by Gasteiger charge is 2.42. The number of halogens is 2. The molecule has 2 aliphatic rings. The molecular weight excluding hydrogens is 476 g/mol. The summed E-state index contributed by atoms with van der Waals surface area (Å²) in [4.78, 5) is 0. The molecule has 2 saturated heterocycles. The van der Waals surface area contributed by atoms with Crippen molar-refractivity contribution in [2.75, 3.05) is 26.4 Å². The van der Waals surface area contributed by atoms with Crippen LogP contribution >= 0.6 is 0 Å². The maximum atomic E-state index is 15.4. The lowest BCUT2D eigenvalue weighted by Crippen LogP contribution is -2.45. The highest BCUT2D eigenvalue weighted by atomic mass is 32.2. The lowest BCUT2D eigenvalue weighted by molar-refractivity contribution is -0.120. The van der Waals surface area contributed by atoms with Crippen LogP contribution in [0.5, 0.6) is 0 Å². The average molecular weight is 510 g/mol. The van der Waals surface area contributed by atoms with Crippen molar-refractivity contribution in [1.29, 1.82) is 0 Å². The first kappa shape index (κ1) is 26.2. The third-order valence-electron chi connectivity index (χ3n) is 7.13. The second-order valence-electron chi connectivity index (χ2n) is 9.37. The molecule has 2 aliphatic heterocycles. The van der Waals surface area contributed by atoms with Gasteiger partial charge in [-0.3, -0.25) is 0 Å². The topological polar surface area (TPSA) is 76.1 Å². The van der Waals surface area contributed by atoms with Gasteiger partial charge in [-0.1, -0.05) is 30.3 Å². The molecule has 2 aromatic rings. The van der Waals surface area contributed by atoms with Crippen LogP contribution in [0.3, 0.4) is 0 Å². The lowest BCUT2D eigenvalue weighted by atomic mass is 9.85. The standard InChI is InChI=1S/C26H33F2NO5S/c1-19-8-9-25(20-6-3-2-4-7-20)35(31,32)29(19)18-21-16-24(28)22(17-23(21)27)26(34-13-5-12-30)10-14-33-15-11-26/h2-4,6-7,16-17,19,25,30H,5,8-15,18H2,1H3. The predicted octanol–water partition coefficient (Wildman–Crippen LogP) is 4.42. The fraction of sp³-hybridized carbons (Fsp3) is 0.538. The van der Waals surface area contributed by atoms with Crippen LogP contribution in [0, 0.1) is 11.6 Å². The van der Waals surface area contributed by atoms with Gasteiger partial charge < -0.3 is 14.6 Å². The largest absolute Gasteiger partial charge is 0.396 e. The molecule has 2 aromatic carbocycles.